The van der Waals surface area contributed by atoms with Gasteiger partial charge in [0.1, 0.15) is 23.7 Å². The third-order valence-corrected chi connectivity index (χ3v) is 6.65. The predicted octanol–water partition coefficient (Wildman–Crippen LogP) is 0.708. The summed E-state index contributed by atoms with van der Waals surface area (Å²) >= 11 is 2.23. The molecule has 1 unspecified atom stereocenters. The summed E-state index contributed by atoms with van der Waals surface area (Å²) < 4.78 is 3.97. The first-order valence-electron chi connectivity index (χ1n) is 10.00. The molecule has 0 aliphatic carbocycles. The summed E-state index contributed by atoms with van der Waals surface area (Å²) in [4.78, 5) is 51.9. The number of nitrogens with one attached hydrogen (secondary N) is 1. The Morgan fingerprint density at radius 1 is 1.44 bits per heavy atom. The summed E-state index contributed by atoms with van der Waals surface area (Å²) in [5.41, 5.74) is 6.53. The van der Waals surface area contributed by atoms with E-state index in [1.807, 2.05) is 6.07 Å². The first-order valence-corrected chi connectivity index (χ1v) is 11.8. The first-order chi connectivity index (χ1) is 16.4. The van der Waals surface area contributed by atoms with Crippen LogP contribution >= 0.6 is 23.3 Å². The van der Waals surface area contributed by atoms with Crippen LogP contribution in [0.4, 0.5) is 5.13 Å². The molecule has 0 aromatic carbocycles. The molecule has 34 heavy (non-hydrogen) atoms. The molecule has 2 aliphatic rings. The molecule has 4 N–H and O–H groups in total. The van der Waals surface area contributed by atoms with Crippen molar-refractivity contribution >= 4 is 58.0 Å². The van der Waals surface area contributed by atoms with E-state index in [1.54, 1.807) is 37.5 Å². The van der Waals surface area contributed by atoms with E-state index in [9.17, 15) is 19.5 Å². The van der Waals surface area contributed by atoms with Crippen molar-refractivity contribution in [3.8, 4) is 0 Å². The molecule has 2 aromatic heterocycles. The number of hydrogen-bond acceptors (Lipinski definition) is 11. The number of nitrogens with two attached hydrogens (primary N) is 1. The predicted molar refractivity (Wildman–Crippen MR) is 125 cm³/mol. The van der Waals surface area contributed by atoms with Crippen molar-refractivity contribution < 1.29 is 24.3 Å². The Labute approximate surface area is 201 Å². The van der Waals surface area contributed by atoms with Crippen LogP contribution in [0.15, 0.2) is 47.0 Å². The van der Waals surface area contributed by atoms with Gasteiger partial charge in [-0.1, -0.05) is 23.4 Å². The number of carbonyl (C=O) groups excluding carboxylic acids is 2. The summed E-state index contributed by atoms with van der Waals surface area (Å²) in [6.07, 6.45) is 6.67. The molecule has 4 heterocycles. The van der Waals surface area contributed by atoms with E-state index in [4.69, 9.17) is 10.6 Å². The topological polar surface area (TPSA) is 173 Å². The highest BCUT2D eigenvalue weighted by atomic mass is 32.2. The number of nitrogens with zero attached hydrogens (tertiary/aromatic N) is 5. The van der Waals surface area contributed by atoms with Gasteiger partial charge in [-0.05, 0) is 24.1 Å². The zero-order valence-corrected chi connectivity index (χ0v) is 19.4. The van der Waals surface area contributed by atoms with Gasteiger partial charge < -0.3 is 21.0 Å². The van der Waals surface area contributed by atoms with Gasteiger partial charge in [0.05, 0.1) is 0 Å². The number of amides is 2. The Hall–Kier alpha value is -3.78. The van der Waals surface area contributed by atoms with Crippen LogP contribution in [0, 0.1) is 0 Å². The summed E-state index contributed by atoms with van der Waals surface area (Å²) in [6, 6.07) is 2.65. The number of thioether (sulfide) groups is 1. The highest BCUT2D eigenvalue weighted by Gasteiger charge is 2.54. The molecule has 1 fully saturated rings. The average Bonchev–Trinajstić information content (AvgIpc) is 3.27. The second-order valence-corrected chi connectivity index (χ2v) is 8.86. The van der Waals surface area contributed by atoms with Gasteiger partial charge >= 0.3 is 5.97 Å². The highest BCUT2D eigenvalue weighted by Crippen LogP contribution is 2.40. The third kappa shape index (κ3) is 4.63. The highest BCUT2D eigenvalue weighted by molar-refractivity contribution is 8.00. The molecule has 2 amide bonds. The number of oxime groups is 1. The zero-order chi connectivity index (χ0) is 24.2. The molecular weight excluding hydrogens is 482 g/mol. The Bertz CT molecular complexity index is 1210. The minimum Gasteiger partial charge on any atom is -0.477 e. The van der Waals surface area contributed by atoms with E-state index in [0.29, 0.717) is 11.3 Å². The van der Waals surface area contributed by atoms with Gasteiger partial charge in [0.25, 0.3) is 11.8 Å². The maximum Gasteiger partial charge on any atom is 0.352 e. The van der Waals surface area contributed by atoms with Gasteiger partial charge in [0.2, 0.25) is 11.5 Å². The van der Waals surface area contributed by atoms with Crippen LogP contribution in [-0.2, 0) is 19.2 Å². The normalized spacial score (nSPS) is 20.2. The molecule has 12 nitrogen and oxygen atoms in total. The van der Waals surface area contributed by atoms with Crippen molar-refractivity contribution in [3.63, 3.8) is 0 Å². The SMILES string of the molecule is CCON=C(C(=O)NC1C(=O)N2C(C(=O)O)=C(C=Cc3cccnc3)CS[C@H]12)c1nsc(N)n1. The number of aromatic nitrogens is 3. The van der Waals surface area contributed by atoms with Crippen LogP contribution in [0.3, 0.4) is 0 Å². The van der Waals surface area contributed by atoms with Crippen molar-refractivity contribution in [3.05, 3.63) is 53.3 Å². The van der Waals surface area contributed by atoms with Gasteiger partial charge in [0.15, 0.2) is 5.13 Å². The lowest BCUT2D eigenvalue weighted by molar-refractivity contribution is -0.150. The number of aliphatic carboxylic acids is 1. The number of fused-ring (bicyclic) bond motifs is 1. The number of pyridine rings is 1. The Morgan fingerprint density at radius 2 is 2.26 bits per heavy atom. The monoisotopic (exact) mass is 501 g/mol. The summed E-state index contributed by atoms with van der Waals surface area (Å²) in [6.45, 7) is 1.89. The summed E-state index contributed by atoms with van der Waals surface area (Å²) in [5.74, 6) is -2.19. The summed E-state index contributed by atoms with van der Waals surface area (Å²) in [7, 11) is 0. The minimum atomic E-state index is -1.23. The Balaban J connectivity index is 1.53. The average molecular weight is 502 g/mol. The fourth-order valence-corrected chi connectivity index (χ4v) is 5.05. The van der Waals surface area contributed by atoms with E-state index < -0.39 is 29.2 Å². The van der Waals surface area contributed by atoms with Gasteiger partial charge in [0, 0.05) is 29.7 Å². The molecule has 2 aliphatic heterocycles. The maximum atomic E-state index is 12.9. The fraction of sp³-hybridized carbons (Fsp3) is 0.250. The molecule has 0 spiro atoms. The molecule has 4 rings (SSSR count). The fourth-order valence-electron chi connectivity index (χ4n) is 3.30. The van der Waals surface area contributed by atoms with Crippen molar-refractivity contribution in [1.29, 1.82) is 0 Å². The van der Waals surface area contributed by atoms with E-state index in [2.05, 4.69) is 24.8 Å². The lowest BCUT2D eigenvalue weighted by Gasteiger charge is -2.49. The number of carboxylic acids is 1. The van der Waals surface area contributed by atoms with Gasteiger partial charge in [-0.3, -0.25) is 19.5 Å². The maximum absolute atomic E-state index is 12.9. The third-order valence-electron chi connectivity index (χ3n) is 4.80. The number of nitrogen functional groups attached to an aromatic ring is 1. The summed E-state index contributed by atoms with van der Waals surface area (Å²) in [5, 5.41) is 15.7. The lowest BCUT2D eigenvalue weighted by Crippen LogP contribution is -2.71. The van der Waals surface area contributed by atoms with Crippen LogP contribution in [-0.4, -0.2) is 71.6 Å². The van der Waals surface area contributed by atoms with Crippen molar-refractivity contribution in [2.75, 3.05) is 18.1 Å². The van der Waals surface area contributed by atoms with Crippen molar-refractivity contribution in [2.45, 2.75) is 18.3 Å². The van der Waals surface area contributed by atoms with Gasteiger partial charge in [-0.2, -0.15) is 9.36 Å². The first kappa shape index (κ1) is 23.4. The second-order valence-electron chi connectivity index (χ2n) is 6.97. The molecule has 14 heteroatoms. The lowest BCUT2D eigenvalue weighted by atomic mass is 10.0. The molecule has 0 saturated carbocycles. The largest absolute Gasteiger partial charge is 0.477 e. The standard InChI is InChI=1S/C20H19N7O5S2/c1-2-32-25-12(15-24-20(21)34-26-15)16(28)23-13-17(29)27-14(19(30)31)11(9-33-18(13)27)6-5-10-4-3-7-22-8-10/h3-8,13,18H,2,9H2,1H3,(H,23,28)(H,30,31)(H2,21,24,26)/t13?,18-/m1/s1. The van der Waals surface area contributed by atoms with E-state index in [1.165, 1.54) is 16.7 Å². The number of β-lactam (4-membered cyclic amide) rings is 1. The molecule has 176 valence electrons. The minimum absolute atomic E-state index is 0.0256. The Morgan fingerprint density at radius 3 is 2.91 bits per heavy atom. The number of carboxylic acid groups (broad SMARTS) is 1. The quantitative estimate of drug-likeness (QED) is 0.265. The number of carbonyl (C=O) groups is 3. The number of anilines is 1. The zero-order valence-electron chi connectivity index (χ0n) is 17.7. The van der Waals surface area contributed by atoms with Crippen LogP contribution in [0.2, 0.25) is 0 Å². The van der Waals surface area contributed by atoms with E-state index in [-0.39, 0.29) is 29.0 Å². The van der Waals surface area contributed by atoms with Crippen LogP contribution < -0.4 is 11.1 Å². The molecule has 1 saturated heterocycles. The van der Waals surface area contributed by atoms with Gasteiger partial charge in [-0.15, -0.1) is 11.8 Å². The molecule has 0 bridgehead atoms. The Kier molecular flexibility index (Phi) is 6.88. The van der Waals surface area contributed by atoms with Crippen LogP contribution in [0.1, 0.15) is 18.3 Å². The number of rotatable bonds is 8. The van der Waals surface area contributed by atoms with Crippen molar-refractivity contribution in [2.24, 2.45) is 5.16 Å². The van der Waals surface area contributed by atoms with E-state index >= 15 is 0 Å². The van der Waals surface area contributed by atoms with Crippen LogP contribution in [0.5, 0.6) is 0 Å². The number of allylic oxidation sites excluding steroid dienone is 1. The second kappa shape index (κ2) is 10.0. The van der Waals surface area contributed by atoms with Gasteiger partial charge in [-0.25, -0.2) is 4.79 Å². The molecule has 2 atom stereocenters. The molecule has 0 radical (unpaired) electrons. The van der Waals surface area contributed by atoms with E-state index in [0.717, 1.165) is 17.1 Å². The molecule has 2 aromatic rings. The van der Waals surface area contributed by atoms with Crippen LogP contribution in [0.25, 0.3) is 6.08 Å². The number of hydrogen-bond donors (Lipinski definition) is 3. The smallest absolute Gasteiger partial charge is 0.352 e. The molecular formula is C20H19N7O5S2. The van der Waals surface area contributed by atoms with Crippen molar-refractivity contribution in [1.82, 2.24) is 24.6 Å².